The third kappa shape index (κ3) is 3.69. The highest BCUT2D eigenvalue weighted by Gasteiger charge is 2.30. The van der Waals surface area contributed by atoms with Gasteiger partial charge in [0.15, 0.2) is 0 Å². The maximum absolute atomic E-state index is 12.1. The largest absolute Gasteiger partial charge is 0.364 e. The van der Waals surface area contributed by atoms with E-state index in [0.29, 0.717) is 11.6 Å². The van der Waals surface area contributed by atoms with Gasteiger partial charge >= 0.3 is 0 Å². The summed E-state index contributed by atoms with van der Waals surface area (Å²) in [6, 6.07) is 7.38. The molecule has 0 radical (unpaired) electrons. The van der Waals surface area contributed by atoms with E-state index in [-0.39, 0.29) is 24.2 Å². The maximum Gasteiger partial charge on any atom is 0.249 e. The number of benzene rings is 1. The van der Waals surface area contributed by atoms with Crippen LogP contribution in [0.3, 0.4) is 0 Å². The molecular weight excluding hydrogens is 264 g/mol. The van der Waals surface area contributed by atoms with Crippen molar-refractivity contribution in [2.24, 2.45) is 5.73 Å². The Hall–Kier alpha value is -1.10. The van der Waals surface area contributed by atoms with Crippen molar-refractivity contribution in [1.82, 2.24) is 5.32 Å². The molecule has 1 aromatic rings. The van der Waals surface area contributed by atoms with E-state index in [0.717, 1.165) is 18.4 Å². The summed E-state index contributed by atoms with van der Waals surface area (Å²) < 4.78 is 5.57. The zero-order valence-electron chi connectivity index (χ0n) is 10.9. The predicted molar refractivity (Wildman–Crippen MR) is 75.0 cm³/mol. The van der Waals surface area contributed by atoms with Gasteiger partial charge in [0.2, 0.25) is 5.91 Å². The minimum absolute atomic E-state index is 0.0154. The number of halogens is 1. The Bertz CT molecular complexity index is 436. The van der Waals surface area contributed by atoms with Crippen molar-refractivity contribution in [3.8, 4) is 0 Å². The second kappa shape index (κ2) is 6.37. The summed E-state index contributed by atoms with van der Waals surface area (Å²) in [5.74, 6) is -0.0709. The van der Waals surface area contributed by atoms with Crippen LogP contribution in [0.5, 0.6) is 0 Å². The third-order valence-electron chi connectivity index (χ3n) is 3.39. The molecule has 1 heterocycles. The Morgan fingerprint density at radius 2 is 2.16 bits per heavy atom. The monoisotopic (exact) mass is 282 g/mol. The minimum Gasteiger partial charge on any atom is -0.364 e. The molecule has 0 aliphatic carbocycles. The summed E-state index contributed by atoms with van der Waals surface area (Å²) in [5.41, 5.74) is 6.55. The second-order valence-corrected chi connectivity index (χ2v) is 5.28. The van der Waals surface area contributed by atoms with Crippen LogP contribution < -0.4 is 11.1 Å². The van der Waals surface area contributed by atoms with Crippen molar-refractivity contribution in [2.45, 2.75) is 38.0 Å². The van der Waals surface area contributed by atoms with E-state index in [2.05, 4.69) is 5.32 Å². The molecule has 0 spiro atoms. The summed E-state index contributed by atoms with van der Waals surface area (Å²) in [7, 11) is 0. The van der Waals surface area contributed by atoms with Gasteiger partial charge in [-0.2, -0.15) is 0 Å². The van der Waals surface area contributed by atoms with Crippen LogP contribution >= 0.6 is 11.6 Å². The molecule has 19 heavy (non-hydrogen) atoms. The average molecular weight is 283 g/mol. The predicted octanol–water partition coefficient (Wildman–Crippen LogP) is 2.02. The summed E-state index contributed by atoms with van der Waals surface area (Å²) in [5, 5.41) is 3.64. The standard InChI is InChI=1S/C14H19ClN2O2/c1-9(10-2-4-11(15)5-3-10)17-14(18)13-7-6-12(8-16)19-13/h2-5,9,12-13H,6-8,16H2,1H3,(H,17,18)/t9-,12?,13?/m0/s1. The molecule has 3 atom stereocenters. The Balaban J connectivity index is 1.90. The highest BCUT2D eigenvalue weighted by molar-refractivity contribution is 6.30. The van der Waals surface area contributed by atoms with Crippen LogP contribution in [0.15, 0.2) is 24.3 Å². The lowest BCUT2D eigenvalue weighted by Gasteiger charge is -2.18. The van der Waals surface area contributed by atoms with Crippen LogP contribution in [-0.2, 0) is 9.53 Å². The molecule has 0 bridgehead atoms. The van der Waals surface area contributed by atoms with Gasteiger partial charge in [0.1, 0.15) is 6.10 Å². The van der Waals surface area contributed by atoms with Gasteiger partial charge < -0.3 is 15.8 Å². The number of hydrogen-bond acceptors (Lipinski definition) is 3. The molecule has 1 amide bonds. The van der Waals surface area contributed by atoms with Gasteiger partial charge in [-0.05, 0) is 37.5 Å². The van der Waals surface area contributed by atoms with Gasteiger partial charge in [0.05, 0.1) is 12.1 Å². The molecular formula is C14H19ClN2O2. The van der Waals surface area contributed by atoms with E-state index in [1.54, 1.807) is 0 Å². The Kier molecular flexibility index (Phi) is 4.80. The number of hydrogen-bond donors (Lipinski definition) is 2. The van der Waals surface area contributed by atoms with Crippen molar-refractivity contribution in [2.75, 3.05) is 6.54 Å². The SMILES string of the molecule is C[C@H](NC(=O)C1CCC(CN)O1)c1ccc(Cl)cc1. The normalized spacial score (nSPS) is 24.2. The number of nitrogens with two attached hydrogens (primary N) is 1. The van der Waals surface area contributed by atoms with Crippen LogP contribution in [0.25, 0.3) is 0 Å². The van der Waals surface area contributed by atoms with Gasteiger partial charge in [0, 0.05) is 11.6 Å². The number of nitrogens with one attached hydrogen (secondary N) is 1. The second-order valence-electron chi connectivity index (χ2n) is 4.84. The van der Waals surface area contributed by atoms with Gasteiger partial charge in [-0.3, -0.25) is 4.79 Å². The first kappa shape index (κ1) is 14.3. The van der Waals surface area contributed by atoms with Gasteiger partial charge in [-0.15, -0.1) is 0 Å². The van der Waals surface area contributed by atoms with Gasteiger partial charge in [0.25, 0.3) is 0 Å². The third-order valence-corrected chi connectivity index (χ3v) is 3.64. The van der Waals surface area contributed by atoms with E-state index in [1.165, 1.54) is 0 Å². The van der Waals surface area contributed by atoms with E-state index in [9.17, 15) is 4.79 Å². The number of carbonyl (C=O) groups is 1. The molecule has 0 aromatic heterocycles. The molecule has 3 N–H and O–H groups in total. The topological polar surface area (TPSA) is 64.4 Å². The Labute approximate surface area is 118 Å². The molecule has 1 aliphatic heterocycles. The molecule has 1 aliphatic rings. The van der Waals surface area contributed by atoms with Crippen LogP contribution in [0, 0.1) is 0 Å². The first-order valence-electron chi connectivity index (χ1n) is 6.51. The van der Waals surface area contributed by atoms with Gasteiger partial charge in [-0.1, -0.05) is 23.7 Å². The van der Waals surface area contributed by atoms with E-state index >= 15 is 0 Å². The molecule has 0 saturated carbocycles. The van der Waals surface area contributed by atoms with Crippen molar-refractivity contribution in [1.29, 1.82) is 0 Å². The van der Waals surface area contributed by atoms with Gasteiger partial charge in [-0.25, -0.2) is 0 Å². The molecule has 2 unspecified atom stereocenters. The summed E-state index contributed by atoms with van der Waals surface area (Å²) in [6.45, 7) is 2.41. The summed E-state index contributed by atoms with van der Waals surface area (Å²) >= 11 is 5.84. The number of amides is 1. The molecule has 1 aromatic carbocycles. The van der Waals surface area contributed by atoms with Crippen molar-refractivity contribution in [3.05, 3.63) is 34.9 Å². The van der Waals surface area contributed by atoms with Crippen LogP contribution in [0.2, 0.25) is 5.02 Å². The Morgan fingerprint density at radius 1 is 1.47 bits per heavy atom. The lowest BCUT2D eigenvalue weighted by molar-refractivity contribution is -0.132. The lowest BCUT2D eigenvalue weighted by atomic mass is 10.1. The average Bonchev–Trinajstić information content (AvgIpc) is 2.88. The van der Waals surface area contributed by atoms with Crippen molar-refractivity contribution >= 4 is 17.5 Å². The highest BCUT2D eigenvalue weighted by Crippen LogP contribution is 2.21. The van der Waals surface area contributed by atoms with Crippen LogP contribution in [0.4, 0.5) is 0 Å². The molecule has 4 nitrogen and oxygen atoms in total. The fourth-order valence-corrected chi connectivity index (χ4v) is 2.34. The van der Waals surface area contributed by atoms with Crippen molar-refractivity contribution in [3.63, 3.8) is 0 Å². The zero-order chi connectivity index (χ0) is 13.8. The fourth-order valence-electron chi connectivity index (χ4n) is 2.21. The smallest absolute Gasteiger partial charge is 0.249 e. The molecule has 5 heteroatoms. The zero-order valence-corrected chi connectivity index (χ0v) is 11.7. The highest BCUT2D eigenvalue weighted by atomic mass is 35.5. The minimum atomic E-state index is -0.372. The first-order valence-corrected chi connectivity index (χ1v) is 6.89. The number of ether oxygens (including phenoxy) is 1. The Morgan fingerprint density at radius 3 is 2.74 bits per heavy atom. The maximum atomic E-state index is 12.1. The first-order chi connectivity index (χ1) is 9.10. The fraction of sp³-hybridized carbons (Fsp3) is 0.500. The molecule has 2 rings (SSSR count). The molecule has 1 saturated heterocycles. The summed E-state index contributed by atoms with van der Waals surface area (Å²) in [4.78, 5) is 12.1. The van der Waals surface area contributed by atoms with E-state index in [4.69, 9.17) is 22.1 Å². The molecule has 104 valence electrons. The molecule has 1 fully saturated rings. The summed E-state index contributed by atoms with van der Waals surface area (Å²) in [6.07, 6.45) is 1.23. The van der Waals surface area contributed by atoms with Crippen molar-refractivity contribution < 1.29 is 9.53 Å². The van der Waals surface area contributed by atoms with Crippen LogP contribution in [0.1, 0.15) is 31.4 Å². The lowest BCUT2D eigenvalue weighted by Crippen LogP contribution is -2.36. The van der Waals surface area contributed by atoms with Crippen LogP contribution in [-0.4, -0.2) is 24.7 Å². The number of carbonyl (C=O) groups excluding carboxylic acids is 1. The number of rotatable bonds is 4. The van der Waals surface area contributed by atoms with E-state index in [1.807, 2.05) is 31.2 Å². The quantitative estimate of drug-likeness (QED) is 0.888. The van der Waals surface area contributed by atoms with E-state index < -0.39 is 0 Å².